The molecule has 27 heavy (non-hydrogen) atoms. The number of imidazole rings is 1. The molecule has 7 heteroatoms. The Hall–Kier alpha value is -2.93. The van der Waals surface area contributed by atoms with Crippen LogP contribution in [0.15, 0.2) is 49.2 Å². The third kappa shape index (κ3) is 4.25. The van der Waals surface area contributed by atoms with Crippen LogP contribution in [0.3, 0.4) is 0 Å². The van der Waals surface area contributed by atoms with E-state index in [1.54, 1.807) is 39.8 Å². The summed E-state index contributed by atoms with van der Waals surface area (Å²) in [4.78, 5) is 31.2. The number of hydrogen-bond acceptors (Lipinski definition) is 4. The van der Waals surface area contributed by atoms with Crippen LogP contribution in [0.1, 0.15) is 33.8 Å². The Bertz CT molecular complexity index is 864. The van der Waals surface area contributed by atoms with Gasteiger partial charge in [-0.25, -0.2) is 4.98 Å². The average molecular weight is 367 g/mol. The van der Waals surface area contributed by atoms with Crippen molar-refractivity contribution < 1.29 is 9.59 Å². The van der Waals surface area contributed by atoms with Gasteiger partial charge in [-0.15, -0.1) is 0 Å². The Morgan fingerprint density at radius 2 is 2.19 bits per heavy atom. The lowest BCUT2D eigenvalue weighted by Crippen LogP contribution is -2.52. The zero-order chi connectivity index (χ0) is 19.2. The molecule has 2 amide bonds. The van der Waals surface area contributed by atoms with Gasteiger partial charge in [-0.3, -0.25) is 14.0 Å². The number of unbranched alkanes of at least 4 members (excludes halogenated alkanes) is 1. The summed E-state index contributed by atoms with van der Waals surface area (Å²) in [5.41, 5.74) is 7.00. The molecule has 142 valence electrons. The standard InChI is InChI=1S/C20H25N5O2/c1-2-3-4-5-6-10-22-19(26)17-8-7-9-18-23-16(14-25(17)18)20(27)24-12-15(11-21)13-24/h2-4,7-9,14-15H,1,5-6,10-13,21H2,(H,22,26)/b4-3-. The molecule has 3 N–H and O–H groups in total. The van der Waals surface area contributed by atoms with Gasteiger partial charge in [0.05, 0.1) is 0 Å². The molecule has 3 rings (SSSR count). The number of nitrogens with zero attached hydrogens (tertiary/aromatic N) is 3. The van der Waals surface area contributed by atoms with Gasteiger partial charge in [0, 0.05) is 31.7 Å². The number of nitrogens with two attached hydrogens (primary N) is 1. The normalized spacial score (nSPS) is 14.5. The number of rotatable bonds is 8. The molecule has 1 aliphatic rings. The van der Waals surface area contributed by atoms with Gasteiger partial charge in [0.25, 0.3) is 11.8 Å². The highest BCUT2D eigenvalue weighted by molar-refractivity contribution is 5.95. The summed E-state index contributed by atoms with van der Waals surface area (Å²) in [5, 5.41) is 2.91. The average Bonchev–Trinajstić information content (AvgIpc) is 3.07. The molecule has 7 nitrogen and oxygen atoms in total. The molecule has 3 heterocycles. The van der Waals surface area contributed by atoms with Gasteiger partial charge >= 0.3 is 0 Å². The van der Waals surface area contributed by atoms with Gasteiger partial charge in [-0.1, -0.05) is 30.9 Å². The number of carbonyl (C=O) groups excluding carboxylic acids is 2. The van der Waals surface area contributed by atoms with Gasteiger partial charge < -0.3 is 16.0 Å². The number of allylic oxidation sites excluding steroid dienone is 3. The third-order valence-corrected chi connectivity index (χ3v) is 4.63. The van der Waals surface area contributed by atoms with E-state index in [2.05, 4.69) is 16.9 Å². The summed E-state index contributed by atoms with van der Waals surface area (Å²) < 4.78 is 1.67. The molecule has 0 atom stereocenters. The van der Waals surface area contributed by atoms with Crippen LogP contribution in [0.4, 0.5) is 0 Å². The van der Waals surface area contributed by atoms with Crippen LogP contribution in [0.2, 0.25) is 0 Å². The predicted octanol–water partition coefficient (Wildman–Crippen LogP) is 1.62. The largest absolute Gasteiger partial charge is 0.351 e. The highest BCUT2D eigenvalue weighted by Crippen LogP contribution is 2.18. The van der Waals surface area contributed by atoms with Gasteiger partial charge in [-0.2, -0.15) is 0 Å². The first-order chi connectivity index (χ1) is 13.1. The van der Waals surface area contributed by atoms with E-state index in [4.69, 9.17) is 5.73 Å². The minimum absolute atomic E-state index is 0.122. The first-order valence-corrected chi connectivity index (χ1v) is 9.17. The molecule has 0 unspecified atom stereocenters. The van der Waals surface area contributed by atoms with Crippen molar-refractivity contribution in [3.05, 3.63) is 60.6 Å². The summed E-state index contributed by atoms with van der Waals surface area (Å²) in [7, 11) is 0. The highest BCUT2D eigenvalue weighted by atomic mass is 16.2. The van der Waals surface area contributed by atoms with E-state index in [9.17, 15) is 9.59 Å². The van der Waals surface area contributed by atoms with Crippen molar-refractivity contribution in [3.63, 3.8) is 0 Å². The SMILES string of the molecule is C=C/C=C\CCCNC(=O)c1cccc2nc(C(=O)N3CC(CN)C3)cn12. The molecule has 0 bridgehead atoms. The minimum Gasteiger partial charge on any atom is -0.351 e. The van der Waals surface area contributed by atoms with Crippen LogP contribution < -0.4 is 11.1 Å². The Morgan fingerprint density at radius 3 is 2.93 bits per heavy atom. The molecule has 0 aliphatic carbocycles. The maximum absolute atomic E-state index is 12.5. The van der Waals surface area contributed by atoms with Gasteiger partial charge in [-0.05, 0) is 31.5 Å². The van der Waals surface area contributed by atoms with Crippen LogP contribution in [-0.2, 0) is 0 Å². The number of amides is 2. The second kappa shape index (κ2) is 8.64. The van der Waals surface area contributed by atoms with Crippen molar-refractivity contribution >= 4 is 17.5 Å². The second-order valence-corrected chi connectivity index (χ2v) is 6.64. The van der Waals surface area contributed by atoms with Crippen LogP contribution in [0, 0.1) is 5.92 Å². The van der Waals surface area contributed by atoms with Crippen molar-refractivity contribution in [2.75, 3.05) is 26.2 Å². The van der Waals surface area contributed by atoms with E-state index >= 15 is 0 Å². The summed E-state index contributed by atoms with van der Waals surface area (Å²) in [6.45, 7) is 6.11. The molecule has 0 radical (unpaired) electrons. The van der Waals surface area contributed by atoms with Crippen molar-refractivity contribution in [3.8, 4) is 0 Å². The highest BCUT2D eigenvalue weighted by Gasteiger charge is 2.31. The molecule has 0 aromatic carbocycles. The Kier molecular flexibility index (Phi) is 6.03. The molecule has 0 saturated carbocycles. The fraction of sp³-hybridized carbons (Fsp3) is 0.350. The Labute approximate surface area is 158 Å². The molecule has 1 saturated heterocycles. The molecular weight excluding hydrogens is 342 g/mol. The number of carbonyl (C=O) groups is 2. The monoisotopic (exact) mass is 367 g/mol. The number of likely N-dealkylation sites (tertiary alicyclic amines) is 1. The molecule has 2 aromatic rings. The van der Waals surface area contributed by atoms with Gasteiger partial charge in [0.15, 0.2) is 0 Å². The summed E-state index contributed by atoms with van der Waals surface area (Å²) in [6, 6.07) is 5.28. The number of hydrogen-bond donors (Lipinski definition) is 2. The number of nitrogens with one attached hydrogen (secondary N) is 1. The maximum Gasteiger partial charge on any atom is 0.274 e. The topological polar surface area (TPSA) is 92.7 Å². The van der Waals surface area contributed by atoms with Crippen LogP contribution >= 0.6 is 0 Å². The zero-order valence-corrected chi connectivity index (χ0v) is 15.3. The molecule has 2 aromatic heterocycles. The molecule has 1 aliphatic heterocycles. The van der Waals surface area contributed by atoms with Gasteiger partial charge in [0.1, 0.15) is 17.0 Å². The molecular formula is C20H25N5O2. The van der Waals surface area contributed by atoms with E-state index in [-0.39, 0.29) is 11.8 Å². The fourth-order valence-corrected chi connectivity index (χ4v) is 3.05. The van der Waals surface area contributed by atoms with Crippen LogP contribution in [-0.4, -0.2) is 52.3 Å². The number of aromatic nitrogens is 2. The maximum atomic E-state index is 12.5. The van der Waals surface area contributed by atoms with Crippen molar-refractivity contribution in [2.45, 2.75) is 12.8 Å². The van der Waals surface area contributed by atoms with Gasteiger partial charge in [0.2, 0.25) is 0 Å². The fourth-order valence-electron chi connectivity index (χ4n) is 3.05. The quantitative estimate of drug-likeness (QED) is 0.548. The van der Waals surface area contributed by atoms with E-state index in [1.165, 1.54) is 0 Å². The first-order valence-electron chi connectivity index (χ1n) is 9.17. The van der Waals surface area contributed by atoms with Crippen molar-refractivity contribution in [1.82, 2.24) is 19.6 Å². The third-order valence-electron chi connectivity index (χ3n) is 4.63. The van der Waals surface area contributed by atoms with E-state index in [0.29, 0.717) is 49.1 Å². The summed E-state index contributed by atoms with van der Waals surface area (Å²) >= 11 is 0. The van der Waals surface area contributed by atoms with Crippen molar-refractivity contribution in [1.29, 1.82) is 0 Å². The lowest BCUT2D eigenvalue weighted by atomic mass is 10.0. The van der Waals surface area contributed by atoms with Crippen LogP contribution in [0.25, 0.3) is 5.65 Å². The number of pyridine rings is 1. The smallest absolute Gasteiger partial charge is 0.274 e. The lowest BCUT2D eigenvalue weighted by Gasteiger charge is -2.38. The minimum atomic E-state index is -0.183. The second-order valence-electron chi connectivity index (χ2n) is 6.64. The zero-order valence-electron chi connectivity index (χ0n) is 15.3. The summed E-state index contributed by atoms with van der Waals surface area (Å²) in [5.74, 6) is 0.0641. The lowest BCUT2D eigenvalue weighted by molar-refractivity contribution is 0.0510. The Morgan fingerprint density at radius 1 is 1.37 bits per heavy atom. The van der Waals surface area contributed by atoms with E-state index < -0.39 is 0 Å². The number of fused-ring (bicyclic) bond motifs is 1. The summed E-state index contributed by atoms with van der Waals surface area (Å²) in [6.07, 6.45) is 8.98. The molecule has 0 spiro atoms. The predicted molar refractivity (Wildman–Crippen MR) is 105 cm³/mol. The van der Waals surface area contributed by atoms with Crippen LogP contribution in [0.5, 0.6) is 0 Å². The van der Waals surface area contributed by atoms with E-state index in [1.807, 2.05) is 12.2 Å². The molecule has 1 fully saturated rings. The first kappa shape index (κ1) is 18.8. The van der Waals surface area contributed by atoms with E-state index in [0.717, 1.165) is 12.8 Å². The Balaban J connectivity index is 1.67. The van der Waals surface area contributed by atoms with Crippen molar-refractivity contribution in [2.24, 2.45) is 11.7 Å².